The summed E-state index contributed by atoms with van der Waals surface area (Å²) in [4.78, 5) is 14.3. The Labute approximate surface area is 219 Å². The quantitative estimate of drug-likeness (QED) is 0.297. The summed E-state index contributed by atoms with van der Waals surface area (Å²) in [5, 5.41) is 0.746. The summed E-state index contributed by atoms with van der Waals surface area (Å²) in [6.45, 7) is 12.7. The first-order valence-electron chi connectivity index (χ1n) is 12.6. The largest absolute Gasteiger partial charge is 0.297 e. The average Bonchev–Trinajstić information content (AvgIpc) is 2.89. The van der Waals surface area contributed by atoms with Crippen molar-refractivity contribution in [1.82, 2.24) is 19.8 Å². The molecule has 0 unspecified atom stereocenters. The first-order valence-corrected chi connectivity index (χ1v) is 13.0. The number of hydrogen-bond donors (Lipinski definition) is 0. The van der Waals surface area contributed by atoms with E-state index in [4.69, 9.17) is 11.6 Å². The molecule has 1 aliphatic rings. The zero-order valence-corrected chi connectivity index (χ0v) is 22.1. The minimum Gasteiger partial charge on any atom is -0.297 e. The van der Waals surface area contributed by atoms with Gasteiger partial charge in [0.25, 0.3) is 0 Å². The Kier molecular flexibility index (Phi) is 7.47. The molecule has 4 aromatic rings. The van der Waals surface area contributed by atoms with Gasteiger partial charge in [-0.3, -0.25) is 19.8 Å². The minimum atomic E-state index is 0.746. The molecule has 0 aliphatic carbocycles. The normalized spacial score (nSPS) is 14.8. The van der Waals surface area contributed by atoms with E-state index >= 15 is 0 Å². The van der Waals surface area contributed by atoms with Gasteiger partial charge >= 0.3 is 0 Å². The fourth-order valence-electron chi connectivity index (χ4n) is 4.89. The Hall–Kier alpha value is -3.05. The summed E-state index contributed by atoms with van der Waals surface area (Å²) in [6, 6.07) is 21.1. The van der Waals surface area contributed by atoms with Crippen LogP contribution in [0.5, 0.6) is 0 Å². The Morgan fingerprint density at radius 1 is 0.639 bits per heavy atom. The van der Waals surface area contributed by atoms with E-state index < -0.39 is 0 Å². The second-order valence-corrected chi connectivity index (χ2v) is 10.3. The number of nitrogens with zero attached hydrogens (tertiary/aromatic N) is 4. The van der Waals surface area contributed by atoms with Crippen LogP contribution in [0.2, 0.25) is 5.02 Å². The van der Waals surface area contributed by atoms with E-state index in [0.717, 1.165) is 61.2 Å². The number of rotatable bonds is 6. The van der Waals surface area contributed by atoms with E-state index in [1.165, 1.54) is 33.4 Å². The van der Waals surface area contributed by atoms with Gasteiger partial charge in [-0.15, -0.1) is 0 Å². The van der Waals surface area contributed by atoms with Crippen LogP contribution in [0, 0.1) is 20.8 Å². The molecule has 2 aromatic heterocycles. The molecule has 0 atom stereocenters. The molecular weight excluding hydrogens is 464 g/mol. The fourth-order valence-corrected chi connectivity index (χ4v) is 5.01. The number of hydrogen-bond acceptors (Lipinski definition) is 4. The number of pyridine rings is 2. The molecular formula is C31H33ClN4. The smallest absolute Gasteiger partial charge is 0.0705 e. The summed E-state index contributed by atoms with van der Waals surface area (Å²) < 4.78 is 0. The van der Waals surface area contributed by atoms with Crippen LogP contribution in [0.4, 0.5) is 0 Å². The predicted octanol–water partition coefficient (Wildman–Crippen LogP) is 6.71. The van der Waals surface area contributed by atoms with E-state index in [0.29, 0.717) is 0 Å². The highest BCUT2D eigenvalue weighted by molar-refractivity contribution is 6.30. The second-order valence-electron chi connectivity index (χ2n) is 9.89. The van der Waals surface area contributed by atoms with Gasteiger partial charge in [-0.05, 0) is 97.1 Å². The van der Waals surface area contributed by atoms with Gasteiger partial charge in [0.15, 0.2) is 0 Å². The third-order valence-electron chi connectivity index (χ3n) is 7.29. The summed E-state index contributed by atoms with van der Waals surface area (Å²) >= 11 is 6.04. The fraction of sp³-hybridized carbons (Fsp3) is 0.290. The molecule has 0 radical (unpaired) electrons. The van der Waals surface area contributed by atoms with Gasteiger partial charge in [-0.25, -0.2) is 0 Å². The highest BCUT2D eigenvalue weighted by Gasteiger charge is 2.18. The molecule has 2 aromatic carbocycles. The molecule has 0 saturated carbocycles. The van der Waals surface area contributed by atoms with Crippen molar-refractivity contribution in [2.45, 2.75) is 33.9 Å². The molecule has 1 aliphatic heterocycles. The molecule has 1 fully saturated rings. The third-order valence-corrected chi connectivity index (χ3v) is 7.54. The summed E-state index contributed by atoms with van der Waals surface area (Å²) in [5.74, 6) is 0. The third kappa shape index (κ3) is 5.84. The van der Waals surface area contributed by atoms with Crippen molar-refractivity contribution in [3.05, 3.63) is 106 Å². The maximum absolute atomic E-state index is 6.04. The molecule has 1 saturated heterocycles. The first-order chi connectivity index (χ1) is 17.4. The lowest BCUT2D eigenvalue weighted by Crippen LogP contribution is -2.45. The Bertz CT molecular complexity index is 1320. The molecule has 0 spiro atoms. The molecule has 0 bridgehead atoms. The maximum atomic E-state index is 6.04. The van der Waals surface area contributed by atoms with Crippen LogP contribution < -0.4 is 0 Å². The van der Waals surface area contributed by atoms with E-state index in [1.807, 2.05) is 36.7 Å². The zero-order valence-electron chi connectivity index (χ0n) is 21.3. The lowest BCUT2D eigenvalue weighted by Gasteiger charge is -2.34. The van der Waals surface area contributed by atoms with Crippen LogP contribution in [-0.2, 0) is 13.1 Å². The topological polar surface area (TPSA) is 32.3 Å². The van der Waals surface area contributed by atoms with Crippen LogP contribution >= 0.6 is 11.6 Å². The highest BCUT2D eigenvalue weighted by Crippen LogP contribution is 2.25. The molecule has 184 valence electrons. The SMILES string of the molecule is Cc1cc(-c2cc(CN3CCN(Cc4ccnc(-c5ccc(Cl)cc5)c4)CC3)ccn2)cc(C)c1C. The van der Waals surface area contributed by atoms with Gasteiger partial charge in [-0.1, -0.05) is 23.7 Å². The van der Waals surface area contributed by atoms with E-state index in [1.54, 1.807) is 0 Å². The van der Waals surface area contributed by atoms with Crippen LogP contribution in [-0.4, -0.2) is 45.9 Å². The number of benzene rings is 2. The van der Waals surface area contributed by atoms with Crippen LogP contribution in [0.15, 0.2) is 73.1 Å². The molecule has 4 nitrogen and oxygen atoms in total. The highest BCUT2D eigenvalue weighted by atomic mass is 35.5. The number of aryl methyl sites for hydroxylation is 2. The minimum absolute atomic E-state index is 0.746. The predicted molar refractivity (Wildman–Crippen MR) is 149 cm³/mol. The Balaban J connectivity index is 1.18. The average molecular weight is 497 g/mol. The monoisotopic (exact) mass is 496 g/mol. The molecule has 5 rings (SSSR count). The van der Waals surface area contributed by atoms with Crippen molar-refractivity contribution >= 4 is 11.6 Å². The van der Waals surface area contributed by atoms with Crippen LogP contribution in [0.3, 0.4) is 0 Å². The molecule has 0 N–H and O–H groups in total. The van der Waals surface area contributed by atoms with Crippen molar-refractivity contribution in [3.63, 3.8) is 0 Å². The van der Waals surface area contributed by atoms with Crippen molar-refractivity contribution in [2.75, 3.05) is 26.2 Å². The number of aromatic nitrogens is 2. The van der Waals surface area contributed by atoms with E-state index in [-0.39, 0.29) is 0 Å². The summed E-state index contributed by atoms with van der Waals surface area (Å²) in [6.07, 6.45) is 3.86. The van der Waals surface area contributed by atoms with Gasteiger partial charge in [0.05, 0.1) is 11.4 Å². The van der Waals surface area contributed by atoms with Crippen LogP contribution in [0.1, 0.15) is 27.8 Å². The zero-order chi connectivity index (χ0) is 25.1. The van der Waals surface area contributed by atoms with Crippen molar-refractivity contribution in [1.29, 1.82) is 0 Å². The van der Waals surface area contributed by atoms with E-state index in [9.17, 15) is 0 Å². The lowest BCUT2D eigenvalue weighted by molar-refractivity contribution is 0.122. The van der Waals surface area contributed by atoms with Gasteiger partial charge in [0.1, 0.15) is 0 Å². The lowest BCUT2D eigenvalue weighted by atomic mass is 9.98. The standard InChI is InChI=1S/C31H33ClN4/c1-22-16-28(17-23(2)24(22)3)31-19-26(9-11-34-31)21-36-14-12-35(13-15-36)20-25-8-10-33-30(18-25)27-4-6-29(32)7-5-27/h4-11,16-19H,12-15,20-21H2,1-3H3. The van der Waals surface area contributed by atoms with Crippen molar-refractivity contribution in [3.8, 4) is 22.5 Å². The number of halogens is 1. The second kappa shape index (κ2) is 10.9. The molecule has 3 heterocycles. The number of piperazine rings is 1. The van der Waals surface area contributed by atoms with Crippen molar-refractivity contribution < 1.29 is 0 Å². The van der Waals surface area contributed by atoms with E-state index in [2.05, 4.69) is 76.9 Å². The Morgan fingerprint density at radius 3 is 1.61 bits per heavy atom. The molecule has 0 amide bonds. The van der Waals surface area contributed by atoms with Crippen molar-refractivity contribution in [2.24, 2.45) is 0 Å². The maximum Gasteiger partial charge on any atom is 0.0705 e. The van der Waals surface area contributed by atoms with Gasteiger partial charge in [0, 0.05) is 67.8 Å². The van der Waals surface area contributed by atoms with Crippen LogP contribution in [0.25, 0.3) is 22.5 Å². The van der Waals surface area contributed by atoms with Gasteiger partial charge in [0.2, 0.25) is 0 Å². The van der Waals surface area contributed by atoms with Gasteiger partial charge in [-0.2, -0.15) is 0 Å². The molecule has 5 heteroatoms. The first kappa shape index (κ1) is 24.6. The Morgan fingerprint density at radius 2 is 1.11 bits per heavy atom. The molecule has 36 heavy (non-hydrogen) atoms. The summed E-state index contributed by atoms with van der Waals surface area (Å²) in [7, 11) is 0. The van der Waals surface area contributed by atoms with Gasteiger partial charge < -0.3 is 0 Å². The summed E-state index contributed by atoms with van der Waals surface area (Å²) in [5.41, 5.74) is 11.0.